The highest BCUT2D eigenvalue weighted by atomic mass is 16.5. The van der Waals surface area contributed by atoms with E-state index in [1.54, 1.807) is 19.1 Å². The molecule has 0 aromatic carbocycles. The van der Waals surface area contributed by atoms with E-state index in [9.17, 15) is 9.59 Å². The SMILES string of the molecule is COCCCN(CCOC)C(=O)NC(C(=O)O)C1CC1. The van der Waals surface area contributed by atoms with E-state index < -0.39 is 12.0 Å². The highest BCUT2D eigenvalue weighted by Gasteiger charge is 2.37. The molecule has 0 spiro atoms. The summed E-state index contributed by atoms with van der Waals surface area (Å²) in [4.78, 5) is 24.9. The van der Waals surface area contributed by atoms with Crippen LogP contribution in [0.25, 0.3) is 0 Å². The average molecular weight is 288 g/mol. The monoisotopic (exact) mass is 288 g/mol. The summed E-state index contributed by atoms with van der Waals surface area (Å²) < 4.78 is 9.93. The highest BCUT2D eigenvalue weighted by Crippen LogP contribution is 2.32. The lowest BCUT2D eigenvalue weighted by molar-refractivity contribution is -0.139. The van der Waals surface area contributed by atoms with Crippen molar-refractivity contribution < 1.29 is 24.2 Å². The number of amides is 2. The van der Waals surface area contributed by atoms with Crippen molar-refractivity contribution >= 4 is 12.0 Å². The van der Waals surface area contributed by atoms with Crippen molar-refractivity contribution in [2.24, 2.45) is 5.92 Å². The Bertz CT molecular complexity index is 320. The van der Waals surface area contributed by atoms with Gasteiger partial charge in [-0.25, -0.2) is 9.59 Å². The number of carboxylic acid groups (broad SMARTS) is 1. The third kappa shape index (κ3) is 5.75. The second kappa shape index (κ2) is 8.76. The third-order valence-electron chi connectivity index (χ3n) is 3.27. The van der Waals surface area contributed by atoms with E-state index in [4.69, 9.17) is 14.6 Å². The minimum atomic E-state index is -0.968. The number of carbonyl (C=O) groups is 2. The number of nitrogens with zero attached hydrogens (tertiary/aromatic N) is 1. The largest absolute Gasteiger partial charge is 0.480 e. The maximum absolute atomic E-state index is 12.1. The van der Waals surface area contributed by atoms with Crippen LogP contribution in [0, 0.1) is 5.92 Å². The molecule has 0 radical (unpaired) electrons. The first kappa shape index (κ1) is 16.7. The van der Waals surface area contributed by atoms with E-state index in [-0.39, 0.29) is 11.9 Å². The van der Waals surface area contributed by atoms with Crippen molar-refractivity contribution in [2.75, 3.05) is 40.5 Å². The van der Waals surface area contributed by atoms with Crippen LogP contribution in [0.5, 0.6) is 0 Å². The predicted molar refractivity (Wildman–Crippen MR) is 72.6 cm³/mol. The van der Waals surface area contributed by atoms with E-state index in [0.29, 0.717) is 32.7 Å². The summed E-state index contributed by atoms with van der Waals surface area (Å²) >= 11 is 0. The molecule has 7 heteroatoms. The number of ether oxygens (including phenoxy) is 2. The van der Waals surface area contributed by atoms with Crippen LogP contribution < -0.4 is 5.32 Å². The van der Waals surface area contributed by atoms with Crippen molar-refractivity contribution in [2.45, 2.75) is 25.3 Å². The van der Waals surface area contributed by atoms with Crippen molar-refractivity contribution in [1.29, 1.82) is 0 Å². The van der Waals surface area contributed by atoms with Gasteiger partial charge < -0.3 is 24.8 Å². The smallest absolute Gasteiger partial charge is 0.326 e. The molecule has 1 unspecified atom stereocenters. The van der Waals surface area contributed by atoms with Crippen LogP contribution in [-0.4, -0.2) is 68.6 Å². The fraction of sp³-hybridized carbons (Fsp3) is 0.846. The van der Waals surface area contributed by atoms with Crippen LogP contribution in [0.3, 0.4) is 0 Å². The van der Waals surface area contributed by atoms with Gasteiger partial charge in [0.25, 0.3) is 0 Å². The average Bonchev–Trinajstić information content (AvgIpc) is 3.23. The van der Waals surface area contributed by atoms with Gasteiger partial charge >= 0.3 is 12.0 Å². The molecule has 1 aliphatic carbocycles. The summed E-state index contributed by atoms with van der Waals surface area (Å²) in [5.74, 6) is -0.899. The molecule has 0 saturated heterocycles. The van der Waals surface area contributed by atoms with Crippen LogP contribution in [0.1, 0.15) is 19.3 Å². The van der Waals surface area contributed by atoms with Crippen molar-refractivity contribution in [3.8, 4) is 0 Å². The van der Waals surface area contributed by atoms with E-state index in [1.165, 1.54) is 0 Å². The molecular weight excluding hydrogens is 264 g/mol. The van der Waals surface area contributed by atoms with Gasteiger partial charge in [-0.2, -0.15) is 0 Å². The number of urea groups is 1. The lowest BCUT2D eigenvalue weighted by atomic mass is 10.2. The first-order chi connectivity index (χ1) is 9.60. The summed E-state index contributed by atoms with van der Waals surface area (Å²) in [7, 11) is 3.17. The molecule has 2 amide bonds. The van der Waals surface area contributed by atoms with E-state index in [0.717, 1.165) is 12.8 Å². The number of carbonyl (C=O) groups excluding carboxylic acids is 1. The molecule has 1 rings (SSSR count). The Hall–Kier alpha value is -1.34. The Balaban J connectivity index is 2.49. The normalized spacial score (nSPS) is 15.7. The van der Waals surface area contributed by atoms with E-state index >= 15 is 0 Å². The molecular formula is C13H24N2O5. The number of rotatable bonds is 10. The number of carboxylic acids is 1. The fourth-order valence-corrected chi connectivity index (χ4v) is 1.95. The number of methoxy groups -OCH3 is 2. The fourth-order valence-electron chi connectivity index (χ4n) is 1.95. The maximum atomic E-state index is 12.1. The Morgan fingerprint density at radius 1 is 1.25 bits per heavy atom. The molecule has 0 aromatic rings. The Morgan fingerprint density at radius 3 is 2.40 bits per heavy atom. The van der Waals surface area contributed by atoms with E-state index in [2.05, 4.69) is 5.32 Å². The van der Waals surface area contributed by atoms with Gasteiger partial charge in [0.05, 0.1) is 6.61 Å². The lowest BCUT2D eigenvalue weighted by Gasteiger charge is -2.25. The van der Waals surface area contributed by atoms with Crippen molar-refractivity contribution in [3.63, 3.8) is 0 Å². The van der Waals surface area contributed by atoms with E-state index in [1.807, 2.05) is 0 Å². The molecule has 7 nitrogen and oxygen atoms in total. The molecule has 20 heavy (non-hydrogen) atoms. The first-order valence-corrected chi connectivity index (χ1v) is 6.86. The zero-order valence-corrected chi connectivity index (χ0v) is 12.1. The number of aliphatic carboxylic acids is 1. The zero-order chi connectivity index (χ0) is 15.0. The van der Waals surface area contributed by atoms with Crippen LogP contribution in [0.4, 0.5) is 4.79 Å². The molecule has 0 aromatic heterocycles. The van der Waals surface area contributed by atoms with Gasteiger partial charge in [0.15, 0.2) is 0 Å². The van der Waals surface area contributed by atoms with Gasteiger partial charge in [0, 0.05) is 33.9 Å². The summed E-state index contributed by atoms with van der Waals surface area (Å²) in [6, 6.07) is -1.13. The molecule has 0 heterocycles. The van der Waals surface area contributed by atoms with Gasteiger partial charge in [0.1, 0.15) is 6.04 Å². The molecule has 116 valence electrons. The molecule has 1 aliphatic rings. The molecule has 0 bridgehead atoms. The Morgan fingerprint density at radius 2 is 1.90 bits per heavy atom. The number of nitrogens with one attached hydrogen (secondary N) is 1. The van der Waals surface area contributed by atoms with Crippen molar-refractivity contribution in [1.82, 2.24) is 10.2 Å². The topological polar surface area (TPSA) is 88.1 Å². The maximum Gasteiger partial charge on any atom is 0.326 e. The van der Waals surface area contributed by atoms with Crippen LogP contribution in [-0.2, 0) is 14.3 Å². The van der Waals surface area contributed by atoms with Crippen LogP contribution >= 0.6 is 0 Å². The second-order valence-electron chi connectivity index (χ2n) is 4.93. The van der Waals surface area contributed by atoms with Crippen molar-refractivity contribution in [3.05, 3.63) is 0 Å². The number of hydrogen-bond donors (Lipinski definition) is 2. The molecule has 1 fully saturated rings. The summed E-state index contributed by atoms with van der Waals surface area (Å²) in [5, 5.41) is 11.7. The molecule has 1 atom stereocenters. The number of hydrogen-bond acceptors (Lipinski definition) is 4. The van der Waals surface area contributed by atoms with Gasteiger partial charge in [-0.3, -0.25) is 0 Å². The van der Waals surface area contributed by atoms with Gasteiger partial charge in [-0.1, -0.05) is 0 Å². The first-order valence-electron chi connectivity index (χ1n) is 6.86. The minimum Gasteiger partial charge on any atom is -0.480 e. The summed E-state index contributed by atoms with van der Waals surface area (Å²) in [6.07, 6.45) is 2.42. The van der Waals surface area contributed by atoms with Gasteiger partial charge in [0.2, 0.25) is 0 Å². The van der Waals surface area contributed by atoms with Gasteiger partial charge in [-0.05, 0) is 25.2 Å². The quantitative estimate of drug-likeness (QED) is 0.573. The second-order valence-corrected chi connectivity index (χ2v) is 4.93. The summed E-state index contributed by atoms with van der Waals surface area (Å²) in [6.45, 7) is 1.92. The Kier molecular flexibility index (Phi) is 7.32. The molecule has 2 N–H and O–H groups in total. The minimum absolute atomic E-state index is 0.0692. The molecule has 1 saturated carbocycles. The van der Waals surface area contributed by atoms with Gasteiger partial charge in [-0.15, -0.1) is 0 Å². The lowest BCUT2D eigenvalue weighted by Crippen LogP contribution is -2.50. The standard InChI is InChI=1S/C13H24N2O5/c1-19-8-3-6-15(7-9-20-2)13(18)14-11(12(16)17)10-4-5-10/h10-11H,3-9H2,1-2H3,(H,14,18)(H,16,17). The highest BCUT2D eigenvalue weighted by molar-refractivity contribution is 5.83. The predicted octanol–water partition coefficient (Wildman–Crippen LogP) is 0.544. The third-order valence-corrected chi connectivity index (χ3v) is 3.27. The zero-order valence-electron chi connectivity index (χ0n) is 12.1. The summed E-state index contributed by atoms with van der Waals surface area (Å²) in [5.41, 5.74) is 0. The Labute approximate surface area is 119 Å². The molecule has 0 aliphatic heterocycles. The van der Waals surface area contributed by atoms with Crippen LogP contribution in [0.2, 0.25) is 0 Å². The van der Waals surface area contributed by atoms with Crippen LogP contribution in [0.15, 0.2) is 0 Å².